The molecule has 2 aromatic rings. The standard InChI is InChI=1S/C19H20FN3O/c20-15-4-2-13(3-5-15)14-7-11-21-17(12-14)16-6-9-19(23-16)8-1-10-22-18(19)24/h2-5,7,11-12,16,23H,1,6,8-10H2,(H,22,24)/t16-,19+/m1/s1. The number of piperidine rings is 1. The topological polar surface area (TPSA) is 54.0 Å². The summed E-state index contributed by atoms with van der Waals surface area (Å²) in [7, 11) is 0. The zero-order valence-corrected chi connectivity index (χ0v) is 13.4. The van der Waals surface area contributed by atoms with Crippen LogP contribution in [0.15, 0.2) is 42.6 Å². The number of carbonyl (C=O) groups excluding carboxylic acids is 1. The molecule has 2 atom stereocenters. The van der Waals surface area contributed by atoms with E-state index in [4.69, 9.17) is 0 Å². The van der Waals surface area contributed by atoms with Gasteiger partial charge in [0.25, 0.3) is 0 Å². The van der Waals surface area contributed by atoms with Gasteiger partial charge in [0.15, 0.2) is 0 Å². The fourth-order valence-electron chi connectivity index (χ4n) is 3.80. The molecule has 24 heavy (non-hydrogen) atoms. The fraction of sp³-hybridized carbons (Fsp3) is 0.368. The number of amides is 1. The van der Waals surface area contributed by atoms with Gasteiger partial charge in [0.1, 0.15) is 5.82 Å². The lowest BCUT2D eigenvalue weighted by Gasteiger charge is -2.33. The Morgan fingerprint density at radius 3 is 2.75 bits per heavy atom. The number of benzene rings is 1. The summed E-state index contributed by atoms with van der Waals surface area (Å²) in [5, 5.41) is 6.50. The van der Waals surface area contributed by atoms with E-state index in [9.17, 15) is 9.18 Å². The van der Waals surface area contributed by atoms with Crippen LogP contribution in [0.25, 0.3) is 11.1 Å². The van der Waals surface area contributed by atoms with E-state index in [2.05, 4.69) is 15.6 Å². The summed E-state index contributed by atoms with van der Waals surface area (Å²) in [6.07, 6.45) is 5.41. The quantitative estimate of drug-likeness (QED) is 0.892. The van der Waals surface area contributed by atoms with Crippen molar-refractivity contribution in [1.29, 1.82) is 0 Å². The highest BCUT2D eigenvalue weighted by Gasteiger charge is 2.46. The van der Waals surface area contributed by atoms with E-state index in [-0.39, 0.29) is 17.8 Å². The molecule has 2 fully saturated rings. The maximum Gasteiger partial charge on any atom is 0.240 e. The van der Waals surface area contributed by atoms with Crippen molar-refractivity contribution in [2.75, 3.05) is 6.54 Å². The first-order chi connectivity index (χ1) is 11.7. The van der Waals surface area contributed by atoms with Crippen LogP contribution in [-0.4, -0.2) is 23.0 Å². The van der Waals surface area contributed by atoms with Crippen molar-refractivity contribution in [3.8, 4) is 11.1 Å². The lowest BCUT2D eigenvalue weighted by Crippen LogP contribution is -2.57. The molecule has 0 bridgehead atoms. The Hall–Kier alpha value is -2.27. The third-order valence-electron chi connectivity index (χ3n) is 5.13. The van der Waals surface area contributed by atoms with E-state index < -0.39 is 5.54 Å². The van der Waals surface area contributed by atoms with Crippen LogP contribution in [0.5, 0.6) is 0 Å². The van der Waals surface area contributed by atoms with E-state index >= 15 is 0 Å². The van der Waals surface area contributed by atoms with Crippen molar-refractivity contribution >= 4 is 5.91 Å². The van der Waals surface area contributed by atoms with Crippen LogP contribution in [-0.2, 0) is 4.79 Å². The van der Waals surface area contributed by atoms with Crippen LogP contribution in [0.1, 0.15) is 37.4 Å². The van der Waals surface area contributed by atoms with E-state index in [0.717, 1.165) is 49.0 Å². The molecule has 0 aliphatic carbocycles. The summed E-state index contributed by atoms with van der Waals surface area (Å²) in [6.45, 7) is 0.769. The third kappa shape index (κ3) is 2.69. The second-order valence-corrected chi connectivity index (χ2v) is 6.65. The van der Waals surface area contributed by atoms with Crippen molar-refractivity contribution in [2.24, 2.45) is 0 Å². The Morgan fingerprint density at radius 1 is 1.12 bits per heavy atom. The summed E-state index contributed by atoms with van der Waals surface area (Å²) in [4.78, 5) is 16.8. The van der Waals surface area contributed by atoms with Crippen LogP contribution < -0.4 is 10.6 Å². The molecule has 2 saturated heterocycles. The van der Waals surface area contributed by atoms with Crippen LogP contribution in [0, 0.1) is 5.82 Å². The molecule has 5 heteroatoms. The Kier molecular flexibility index (Phi) is 3.81. The minimum absolute atomic E-state index is 0.0780. The van der Waals surface area contributed by atoms with E-state index in [1.54, 1.807) is 18.3 Å². The van der Waals surface area contributed by atoms with Crippen LogP contribution in [0.2, 0.25) is 0 Å². The number of hydrogen-bond acceptors (Lipinski definition) is 3. The highest BCUT2D eigenvalue weighted by molar-refractivity contribution is 5.87. The van der Waals surface area contributed by atoms with Gasteiger partial charge in [-0.25, -0.2) is 4.39 Å². The Bertz CT molecular complexity index is 761. The van der Waals surface area contributed by atoms with Crippen LogP contribution >= 0.6 is 0 Å². The molecule has 2 N–H and O–H groups in total. The second kappa shape index (κ2) is 5.98. The summed E-state index contributed by atoms with van der Waals surface area (Å²) < 4.78 is 13.1. The number of hydrogen-bond donors (Lipinski definition) is 2. The molecule has 4 rings (SSSR count). The Labute approximate surface area is 140 Å². The normalized spacial score (nSPS) is 26.5. The van der Waals surface area contributed by atoms with Crippen molar-refractivity contribution in [3.63, 3.8) is 0 Å². The van der Waals surface area contributed by atoms with Gasteiger partial charge in [-0.15, -0.1) is 0 Å². The molecule has 0 radical (unpaired) electrons. The minimum atomic E-state index is -0.434. The molecule has 1 amide bonds. The van der Waals surface area contributed by atoms with E-state index in [1.807, 2.05) is 12.1 Å². The van der Waals surface area contributed by atoms with Crippen molar-refractivity contribution in [1.82, 2.24) is 15.6 Å². The molecule has 124 valence electrons. The first-order valence-electron chi connectivity index (χ1n) is 8.44. The Balaban J connectivity index is 1.58. The first-order valence-corrected chi connectivity index (χ1v) is 8.44. The highest BCUT2D eigenvalue weighted by Crippen LogP contribution is 2.37. The molecule has 0 saturated carbocycles. The average Bonchev–Trinajstić information content (AvgIpc) is 3.04. The molecule has 1 spiro atoms. The van der Waals surface area contributed by atoms with E-state index in [1.165, 1.54) is 12.1 Å². The number of rotatable bonds is 2. The average molecular weight is 325 g/mol. The molecule has 2 aliphatic heterocycles. The van der Waals surface area contributed by atoms with Crippen LogP contribution in [0.4, 0.5) is 4.39 Å². The van der Waals surface area contributed by atoms with Gasteiger partial charge in [0.2, 0.25) is 5.91 Å². The van der Waals surface area contributed by atoms with E-state index in [0.29, 0.717) is 0 Å². The predicted octanol–water partition coefficient (Wildman–Crippen LogP) is 2.96. The Morgan fingerprint density at radius 2 is 1.96 bits per heavy atom. The number of halogens is 1. The van der Waals surface area contributed by atoms with Crippen molar-refractivity contribution in [3.05, 3.63) is 54.1 Å². The van der Waals surface area contributed by atoms with Gasteiger partial charge < -0.3 is 5.32 Å². The zero-order valence-electron chi connectivity index (χ0n) is 13.4. The van der Waals surface area contributed by atoms with Gasteiger partial charge >= 0.3 is 0 Å². The molecule has 3 heterocycles. The second-order valence-electron chi connectivity index (χ2n) is 6.65. The summed E-state index contributed by atoms with van der Waals surface area (Å²) in [6, 6.07) is 10.5. The molecule has 4 nitrogen and oxygen atoms in total. The van der Waals surface area contributed by atoms with Gasteiger partial charge in [-0.1, -0.05) is 12.1 Å². The SMILES string of the molecule is O=C1NCCC[C@]12CC[C@H](c1cc(-c3ccc(F)cc3)ccn1)N2. The summed E-state index contributed by atoms with van der Waals surface area (Å²) >= 11 is 0. The molecule has 1 aromatic heterocycles. The first kappa shape index (κ1) is 15.3. The number of nitrogens with one attached hydrogen (secondary N) is 2. The van der Waals surface area contributed by atoms with Gasteiger partial charge in [-0.05, 0) is 61.1 Å². The molecule has 1 aromatic carbocycles. The predicted molar refractivity (Wildman–Crippen MR) is 89.7 cm³/mol. The summed E-state index contributed by atoms with van der Waals surface area (Å²) in [5.74, 6) is -0.123. The zero-order chi connectivity index (χ0) is 16.6. The number of aromatic nitrogens is 1. The molecular weight excluding hydrogens is 305 g/mol. The van der Waals surface area contributed by atoms with Gasteiger partial charge in [-0.3, -0.25) is 15.1 Å². The lowest BCUT2D eigenvalue weighted by molar-refractivity contribution is -0.129. The largest absolute Gasteiger partial charge is 0.354 e. The lowest BCUT2D eigenvalue weighted by atomic mass is 9.88. The minimum Gasteiger partial charge on any atom is -0.354 e. The van der Waals surface area contributed by atoms with Crippen LogP contribution in [0.3, 0.4) is 0 Å². The maximum atomic E-state index is 13.1. The van der Waals surface area contributed by atoms with Crippen molar-refractivity contribution < 1.29 is 9.18 Å². The van der Waals surface area contributed by atoms with Crippen molar-refractivity contribution in [2.45, 2.75) is 37.3 Å². The van der Waals surface area contributed by atoms with Gasteiger partial charge in [0.05, 0.1) is 17.3 Å². The number of nitrogens with zero attached hydrogens (tertiary/aromatic N) is 1. The van der Waals surface area contributed by atoms with Gasteiger partial charge in [-0.2, -0.15) is 0 Å². The highest BCUT2D eigenvalue weighted by atomic mass is 19.1. The maximum absolute atomic E-state index is 13.1. The molecule has 2 aliphatic rings. The fourth-order valence-corrected chi connectivity index (χ4v) is 3.80. The number of carbonyl (C=O) groups is 1. The monoisotopic (exact) mass is 325 g/mol. The summed E-state index contributed by atoms with van der Waals surface area (Å²) in [5.41, 5.74) is 2.47. The molecule has 0 unspecified atom stereocenters. The number of pyridine rings is 1. The smallest absolute Gasteiger partial charge is 0.240 e. The molecular formula is C19H20FN3O. The van der Waals surface area contributed by atoms with Gasteiger partial charge in [0, 0.05) is 12.7 Å². The third-order valence-corrected chi connectivity index (χ3v) is 5.13.